The summed E-state index contributed by atoms with van der Waals surface area (Å²) in [6.07, 6.45) is -3.12. The molecule has 0 fully saturated rings. The summed E-state index contributed by atoms with van der Waals surface area (Å²) in [6, 6.07) is 7.80. The van der Waals surface area contributed by atoms with E-state index in [1.54, 1.807) is 18.2 Å². The van der Waals surface area contributed by atoms with E-state index in [1.165, 1.54) is 18.2 Å². The number of fused-ring (bicyclic) bond motifs is 1. The first-order valence-electron chi connectivity index (χ1n) is 5.06. The molecule has 0 unspecified atom stereocenters. The predicted molar refractivity (Wildman–Crippen MR) is 66.0 cm³/mol. The molecule has 0 saturated carbocycles. The Kier molecular flexibility index (Phi) is 3.28. The van der Waals surface area contributed by atoms with Gasteiger partial charge in [0.2, 0.25) is 0 Å². The average Bonchev–Trinajstić information content (AvgIpc) is 2.80. The molecule has 1 heterocycles. The third-order valence-corrected chi connectivity index (χ3v) is 3.52. The van der Waals surface area contributed by atoms with Crippen molar-refractivity contribution in [1.29, 1.82) is 10.5 Å². The van der Waals surface area contributed by atoms with Crippen LogP contribution in [0.4, 0.5) is 13.2 Å². The van der Waals surface area contributed by atoms with Gasteiger partial charge in [0.25, 0.3) is 0 Å². The van der Waals surface area contributed by atoms with Crippen LogP contribution in [-0.2, 0) is 6.18 Å². The van der Waals surface area contributed by atoms with Gasteiger partial charge in [-0.2, -0.15) is 23.7 Å². The van der Waals surface area contributed by atoms with Crippen LogP contribution in [0, 0.1) is 22.7 Å². The molecular formula is C13H5F3N2S. The highest BCUT2D eigenvalue weighted by Crippen LogP contribution is 2.39. The van der Waals surface area contributed by atoms with Crippen molar-refractivity contribution < 1.29 is 13.2 Å². The minimum atomic E-state index is -4.41. The van der Waals surface area contributed by atoms with Crippen molar-refractivity contribution in [3.63, 3.8) is 0 Å². The molecule has 0 aliphatic carbocycles. The molecule has 1 aromatic heterocycles. The zero-order chi connectivity index (χ0) is 14.0. The van der Waals surface area contributed by atoms with Crippen molar-refractivity contribution in [2.75, 3.05) is 0 Å². The number of nitrogens with zero attached hydrogens (tertiary/aromatic N) is 2. The first-order valence-corrected chi connectivity index (χ1v) is 5.94. The Morgan fingerprint density at radius 3 is 2.47 bits per heavy atom. The van der Waals surface area contributed by atoms with E-state index in [2.05, 4.69) is 0 Å². The van der Waals surface area contributed by atoms with E-state index in [1.807, 2.05) is 0 Å². The largest absolute Gasteiger partial charge is 0.417 e. The van der Waals surface area contributed by atoms with Crippen molar-refractivity contribution >= 4 is 27.5 Å². The molecule has 0 radical (unpaired) electrons. The molecule has 1 aromatic carbocycles. The number of alkyl halides is 3. The maximum atomic E-state index is 12.8. The molecule has 0 bridgehead atoms. The molecule has 0 atom stereocenters. The molecule has 0 aliphatic rings. The maximum absolute atomic E-state index is 12.8. The van der Waals surface area contributed by atoms with Gasteiger partial charge in [-0.3, -0.25) is 0 Å². The normalized spacial score (nSPS) is 10.8. The molecule has 2 aromatic rings. The second kappa shape index (κ2) is 4.75. The summed E-state index contributed by atoms with van der Waals surface area (Å²) in [7, 11) is 0. The van der Waals surface area contributed by atoms with Crippen molar-refractivity contribution in [3.8, 4) is 12.1 Å². The minimum absolute atomic E-state index is 0.0847. The minimum Gasteiger partial charge on any atom is -0.192 e. The van der Waals surface area contributed by atoms with Gasteiger partial charge in [-0.05, 0) is 11.6 Å². The van der Waals surface area contributed by atoms with Crippen LogP contribution in [-0.4, -0.2) is 0 Å². The maximum Gasteiger partial charge on any atom is 0.417 e. The van der Waals surface area contributed by atoms with Crippen molar-refractivity contribution in [2.45, 2.75) is 6.18 Å². The summed E-state index contributed by atoms with van der Waals surface area (Å²) < 4.78 is 38.7. The molecule has 94 valence electrons. The summed E-state index contributed by atoms with van der Waals surface area (Å²) in [4.78, 5) is 0. The number of thiophene rings is 1. The molecule has 0 aliphatic heterocycles. The molecule has 0 saturated heterocycles. The number of allylic oxidation sites excluding steroid dienone is 1. The van der Waals surface area contributed by atoms with Crippen molar-refractivity contribution in [1.82, 2.24) is 0 Å². The Labute approximate surface area is 110 Å². The number of rotatable bonds is 1. The van der Waals surface area contributed by atoms with Crippen LogP contribution in [0.2, 0.25) is 0 Å². The third kappa shape index (κ3) is 2.44. The molecule has 6 heteroatoms. The monoisotopic (exact) mass is 278 g/mol. The van der Waals surface area contributed by atoms with Gasteiger partial charge in [0.1, 0.15) is 17.7 Å². The number of halogens is 3. The summed E-state index contributed by atoms with van der Waals surface area (Å²) in [5.74, 6) is 0. The number of benzene rings is 1. The summed E-state index contributed by atoms with van der Waals surface area (Å²) in [5, 5.41) is 18.5. The second-order valence-corrected chi connectivity index (χ2v) is 4.53. The van der Waals surface area contributed by atoms with Gasteiger partial charge >= 0.3 is 6.18 Å². The van der Waals surface area contributed by atoms with Gasteiger partial charge < -0.3 is 0 Å². The Bertz CT molecular complexity index is 726. The first-order chi connectivity index (χ1) is 8.97. The zero-order valence-electron chi connectivity index (χ0n) is 9.32. The van der Waals surface area contributed by atoms with E-state index in [-0.39, 0.29) is 11.0 Å². The Morgan fingerprint density at radius 2 is 1.89 bits per heavy atom. The molecule has 2 nitrogen and oxygen atoms in total. The van der Waals surface area contributed by atoms with E-state index in [0.29, 0.717) is 10.3 Å². The van der Waals surface area contributed by atoms with Gasteiger partial charge in [0.05, 0.1) is 5.56 Å². The van der Waals surface area contributed by atoms with E-state index in [9.17, 15) is 13.2 Å². The van der Waals surface area contributed by atoms with Gasteiger partial charge in [-0.15, -0.1) is 11.3 Å². The average molecular weight is 278 g/mol. The highest BCUT2D eigenvalue weighted by molar-refractivity contribution is 7.17. The SMILES string of the molecule is N#CC(C#N)=Cc1cccc2c(C(F)(F)F)csc12. The predicted octanol–water partition coefficient (Wildman–Crippen LogP) is 4.35. The fourth-order valence-electron chi connectivity index (χ4n) is 1.66. The molecular weight excluding hydrogens is 273 g/mol. The van der Waals surface area contributed by atoms with Crippen molar-refractivity contribution in [3.05, 3.63) is 40.3 Å². The summed E-state index contributed by atoms with van der Waals surface area (Å²) in [6.45, 7) is 0. The van der Waals surface area contributed by atoms with Crippen molar-refractivity contribution in [2.24, 2.45) is 0 Å². The van der Waals surface area contributed by atoms with Gasteiger partial charge in [-0.25, -0.2) is 0 Å². The second-order valence-electron chi connectivity index (χ2n) is 3.65. The lowest BCUT2D eigenvalue weighted by molar-refractivity contribution is -0.136. The molecule has 2 rings (SSSR count). The summed E-state index contributed by atoms with van der Waals surface area (Å²) in [5.41, 5.74) is -0.399. The lowest BCUT2D eigenvalue weighted by atomic mass is 10.1. The van der Waals surface area contributed by atoms with E-state index in [4.69, 9.17) is 10.5 Å². The van der Waals surface area contributed by atoms with Crippen LogP contribution in [0.3, 0.4) is 0 Å². The van der Waals surface area contributed by atoms with Crippen LogP contribution in [0.5, 0.6) is 0 Å². The summed E-state index contributed by atoms with van der Waals surface area (Å²) >= 11 is 0.947. The quantitative estimate of drug-likeness (QED) is 0.728. The lowest BCUT2D eigenvalue weighted by Gasteiger charge is -2.04. The van der Waals surface area contributed by atoms with E-state index < -0.39 is 11.7 Å². The standard InChI is InChI=1S/C13H5F3N2S/c14-13(15,16)11-7-19-12-9(2-1-3-10(11)12)4-8(5-17)6-18/h1-4,7H. The van der Waals surface area contributed by atoms with Gasteiger partial charge in [-0.1, -0.05) is 18.2 Å². The fourth-order valence-corrected chi connectivity index (χ4v) is 2.72. The lowest BCUT2D eigenvalue weighted by Crippen LogP contribution is -2.03. The van der Waals surface area contributed by atoms with E-state index in [0.717, 1.165) is 16.7 Å². The van der Waals surface area contributed by atoms with Crippen LogP contribution >= 0.6 is 11.3 Å². The van der Waals surface area contributed by atoms with Gasteiger partial charge in [0.15, 0.2) is 0 Å². The highest BCUT2D eigenvalue weighted by Gasteiger charge is 2.33. The topological polar surface area (TPSA) is 47.6 Å². The molecule has 19 heavy (non-hydrogen) atoms. The van der Waals surface area contributed by atoms with Crippen LogP contribution in [0.15, 0.2) is 29.2 Å². The van der Waals surface area contributed by atoms with Crippen LogP contribution < -0.4 is 0 Å². The van der Waals surface area contributed by atoms with E-state index >= 15 is 0 Å². The number of nitriles is 2. The smallest absolute Gasteiger partial charge is 0.192 e. The Hall–Kier alpha value is -2.31. The van der Waals surface area contributed by atoms with Crippen LogP contribution in [0.1, 0.15) is 11.1 Å². The molecule has 0 amide bonds. The zero-order valence-corrected chi connectivity index (χ0v) is 10.1. The number of hydrogen-bond donors (Lipinski definition) is 0. The van der Waals surface area contributed by atoms with Crippen LogP contribution in [0.25, 0.3) is 16.2 Å². The number of hydrogen-bond acceptors (Lipinski definition) is 3. The molecule has 0 spiro atoms. The Morgan fingerprint density at radius 1 is 1.21 bits per heavy atom. The molecule has 0 N–H and O–H groups in total. The third-order valence-electron chi connectivity index (χ3n) is 2.48. The highest BCUT2D eigenvalue weighted by atomic mass is 32.1. The Balaban J connectivity index is 2.69. The van der Waals surface area contributed by atoms with Gasteiger partial charge in [0, 0.05) is 15.5 Å². The fraction of sp³-hybridized carbons (Fsp3) is 0.0769. The first kappa shape index (κ1) is 13.1.